The second kappa shape index (κ2) is 8.57. The van der Waals surface area contributed by atoms with Gasteiger partial charge in [0, 0.05) is 80.1 Å². The lowest BCUT2D eigenvalue weighted by Crippen LogP contribution is -2.47. The minimum atomic E-state index is 0.775. The molecule has 1 aliphatic heterocycles. The van der Waals surface area contributed by atoms with Crippen LogP contribution in [0.5, 0.6) is 0 Å². The van der Waals surface area contributed by atoms with Gasteiger partial charge in [-0.05, 0) is 48.1 Å². The number of piperazine rings is 1. The van der Waals surface area contributed by atoms with Crippen molar-refractivity contribution in [3.63, 3.8) is 0 Å². The molecule has 0 radical (unpaired) electrons. The lowest BCUT2D eigenvalue weighted by atomic mass is 10.0. The third-order valence-electron chi connectivity index (χ3n) is 6.83. The lowest BCUT2D eigenvalue weighted by Gasteiger charge is -2.35. The van der Waals surface area contributed by atoms with Crippen LogP contribution in [-0.4, -0.2) is 56.9 Å². The van der Waals surface area contributed by atoms with Gasteiger partial charge in [-0.1, -0.05) is 18.7 Å². The fourth-order valence-corrected chi connectivity index (χ4v) is 4.72. The van der Waals surface area contributed by atoms with Crippen LogP contribution in [0.3, 0.4) is 0 Å². The molecule has 0 spiro atoms. The number of benzene rings is 1. The molecule has 4 heterocycles. The third kappa shape index (κ3) is 4.26. The highest BCUT2D eigenvalue weighted by atomic mass is 15.3. The van der Waals surface area contributed by atoms with Crippen LogP contribution in [0.15, 0.2) is 67.8 Å². The van der Waals surface area contributed by atoms with Crippen molar-refractivity contribution in [1.29, 1.82) is 0 Å². The minimum Gasteiger partial charge on any atom is -0.354 e. The van der Waals surface area contributed by atoms with E-state index in [0.29, 0.717) is 0 Å². The molecule has 4 aromatic rings. The minimum absolute atomic E-state index is 0.775. The Balaban J connectivity index is 1.18. The van der Waals surface area contributed by atoms with Gasteiger partial charge < -0.3 is 10.2 Å². The molecular weight excluding hydrogens is 422 g/mol. The summed E-state index contributed by atoms with van der Waals surface area (Å²) >= 11 is 0. The Labute approximate surface area is 199 Å². The normalized spacial score (nSPS) is 16.7. The summed E-state index contributed by atoms with van der Waals surface area (Å²) in [5.41, 5.74) is 4.08. The summed E-state index contributed by atoms with van der Waals surface area (Å²) in [6, 6.07) is 13.4. The Morgan fingerprint density at radius 3 is 2.56 bits per heavy atom. The number of fused-ring (bicyclic) bond motifs is 1. The Morgan fingerprint density at radius 2 is 1.79 bits per heavy atom. The van der Waals surface area contributed by atoms with E-state index in [1.165, 1.54) is 12.8 Å². The van der Waals surface area contributed by atoms with E-state index in [-0.39, 0.29) is 0 Å². The van der Waals surface area contributed by atoms with E-state index in [0.717, 1.165) is 77.0 Å². The van der Waals surface area contributed by atoms with Crippen molar-refractivity contribution in [3.8, 4) is 11.1 Å². The second-order valence-corrected chi connectivity index (χ2v) is 9.29. The van der Waals surface area contributed by atoms with Crippen LogP contribution in [0, 0.1) is 0 Å². The lowest BCUT2D eigenvalue weighted by molar-refractivity contribution is 0.247. The summed E-state index contributed by atoms with van der Waals surface area (Å²) in [5, 5.41) is 9.90. The molecule has 3 aromatic heterocycles. The van der Waals surface area contributed by atoms with Gasteiger partial charge in [0.2, 0.25) is 0 Å². The molecule has 2 aliphatic rings. The first-order valence-corrected chi connectivity index (χ1v) is 11.9. The molecule has 1 aliphatic carbocycles. The average molecular weight is 452 g/mol. The van der Waals surface area contributed by atoms with Gasteiger partial charge in [-0.25, -0.2) is 9.97 Å². The number of nitrogens with one attached hydrogen (secondary N) is 1. The van der Waals surface area contributed by atoms with E-state index in [1.54, 1.807) is 0 Å². The average Bonchev–Trinajstić information content (AvgIpc) is 3.64. The van der Waals surface area contributed by atoms with Gasteiger partial charge in [-0.3, -0.25) is 9.58 Å². The van der Waals surface area contributed by atoms with Crippen molar-refractivity contribution in [2.75, 3.05) is 36.4 Å². The molecule has 1 N–H and O–H groups in total. The highest BCUT2D eigenvalue weighted by Crippen LogP contribution is 2.29. The van der Waals surface area contributed by atoms with Crippen molar-refractivity contribution in [3.05, 3.63) is 73.3 Å². The molecule has 0 amide bonds. The molecular formula is C27H29N7. The van der Waals surface area contributed by atoms with E-state index in [1.807, 2.05) is 42.6 Å². The van der Waals surface area contributed by atoms with Crippen molar-refractivity contribution in [2.24, 2.45) is 7.05 Å². The number of hydrogen-bond donors (Lipinski definition) is 1. The number of aryl methyl sites for hydroxylation is 1. The molecule has 172 valence electrons. The van der Waals surface area contributed by atoms with E-state index >= 15 is 0 Å². The molecule has 7 nitrogen and oxygen atoms in total. The molecule has 7 heteroatoms. The molecule has 2 fully saturated rings. The van der Waals surface area contributed by atoms with Gasteiger partial charge in [-0.15, -0.1) is 0 Å². The van der Waals surface area contributed by atoms with E-state index < -0.39 is 0 Å². The summed E-state index contributed by atoms with van der Waals surface area (Å²) in [6.07, 6.45) is 10.4. The monoisotopic (exact) mass is 451 g/mol. The molecule has 34 heavy (non-hydrogen) atoms. The molecule has 6 rings (SSSR count). The van der Waals surface area contributed by atoms with Crippen LogP contribution in [-0.2, 0) is 7.05 Å². The van der Waals surface area contributed by atoms with Gasteiger partial charge >= 0.3 is 0 Å². The molecule has 0 unspecified atom stereocenters. The maximum atomic E-state index is 4.64. The fourth-order valence-electron chi connectivity index (χ4n) is 4.72. The first-order chi connectivity index (χ1) is 16.6. The quantitative estimate of drug-likeness (QED) is 0.469. The number of anilines is 2. The topological polar surface area (TPSA) is 62.1 Å². The van der Waals surface area contributed by atoms with Gasteiger partial charge in [0.1, 0.15) is 11.6 Å². The van der Waals surface area contributed by atoms with Crippen LogP contribution in [0.25, 0.3) is 27.6 Å². The number of aromatic nitrogens is 4. The number of nitrogens with zero attached hydrogens (tertiary/aromatic N) is 6. The summed E-state index contributed by atoms with van der Waals surface area (Å²) in [5.74, 6) is 1.79. The van der Waals surface area contributed by atoms with E-state index in [4.69, 9.17) is 0 Å². The number of rotatable bonds is 6. The Kier molecular flexibility index (Phi) is 5.26. The van der Waals surface area contributed by atoms with E-state index in [2.05, 4.69) is 67.1 Å². The van der Waals surface area contributed by atoms with Crippen LogP contribution in [0.4, 0.5) is 11.6 Å². The predicted octanol–water partition coefficient (Wildman–Crippen LogP) is 4.40. The first-order valence-electron chi connectivity index (χ1n) is 11.9. The largest absolute Gasteiger partial charge is 0.354 e. The zero-order valence-corrected chi connectivity index (χ0v) is 19.5. The van der Waals surface area contributed by atoms with Crippen LogP contribution in [0.1, 0.15) is 18.4 Å². The van der Waals surface area contributed by atoms with Gasteiger partial charge in [-0.2, -0.15) is 5.10 Å². The van der Waals surface area contributed by atoms with Crippen molar-refractivity contribution in [1.82, 2.24) is 24.6 Å². The molecule has 1 aromatic carbocycles. The Bertz CT molecular complexity index is 1350. The Hall–Kier alpha value is -3.71. The summed E-state index contributed by atoms with van der Waals surface area (Å²) in [7, 11) is 1.93. The first kappa shape index (κ1) is 20.9. The molecule has 0 atom stereocenters. The molecule has 0 bridgehead atoms. The van der Waals surface area contributed by atoms with Crippen LogP contribution >= 0.6 is 0 Å². The maximum Gasteiger partial charge on any atom is 0.130 e. The highest BCUT2D eigenvalue weighted by Gasteiger charge is 2.31. The highest BCUT2D eigenvalue weighted by molar-refractivity contribution is 5.89. The van der Waals surface area contributed by atoms with Crippen LogP contribution in [0.2, 0.25) is 0 Å². The zero-order valence-electron chi connectivity index (χ0n) is 19.5. The molecule has 1 saturated carbocycles. The van der Waals surface area contributed by atoms with Gasteiger partial charge in [0.05, 0.1) is 6.20 Å². The zero-order chi connectivity index (χ0) is 23.1. The van der Waals surface area contributed by atoms with Gasteiger partial charge in [0.15, 0.2) is 0 Å². The van der Waals surface area contributed by atoms with Crippen LogP contribution < -0.4 is 10.2 Å². The number of pyridine rings is 2. The summed E-state index contributed by atoms with van der Waals surface area (Å²) in [4.78, 5) is 14.2. The third-order valence-corrected chi connectivity index (χ3v) is 6.83. The standard InChI is InChI=1S/C27H29N7/c1-19(20-7-8-28-27(15-20)34-11-9-33(10-12-34)25-5-6-25)31-26-14-23-13-21(3-4-22(23)16-29-26)24-17-30-32(2)18-24/h3-4,7-8,13-18,25H,1,5-6,9-12H2,2H3,(H,29,31). The molecule has 1 saturated heterocycles. The fraction of sp³-hybridized carbons (Fsp3) is 0.296. The second-order valence-electron chi connectivity index (χ2n) is 9.29. The van der Waals surface area contributed by atoms with Crippen molar-refractivity contribution < 1.29 is 0 Å². The van der Waals surface area contributed by atoms with Crippen molar-refractivity contribution in [2.45, 2.75) is 18.9 Å². The smallest absolute Gasteiger partial charge is 0.130 e. The Morgan fingerprint density at radius 1 is 0.941 bits per heavy atom. The summed E-state index contributed by atoms with van der Waals surface area (Å²) in [6.45, 7) is 8.58. The SMILES string of the molecule is C=C(Nc1cc2cc(-c3cnn(C)c3)ccc2cn1)c1ccnc(N2CCN(C3CC3)CC2)c1. The van der Waals surface area contributed by atoms with Gasteiger partial charge in [0.25, 0.3) is 0 Å². The predicted molar refractivity (Wildman–Crippen MR) is 138 cm³/mol. The maximum absolute atomic E-state index is 4.64. The van der Waals surface area contributed by atoms with E-state index in [9.17, 15) is 0 Å². The number of hydrogen-bond acceptors (Lipinski definition) is 6. The summed E-state index contributed by atoms with van der Waals surface area (Å²) < 4.78 is 1.82. The van der Waals surface area contributed by atoms with Crippen molar-refractivity contribution >= 4 is 28.1 Å².